The Morgan fingerprint density at radius 1 is 1.22 bits per heavy atom. The van der Waals surface area contributed by atoms with E-state index < -0.39 is 0 Å². The van der Waals surface area contributed by atoms with Crippen LogP contribution in [0.5, 0.6) is 0 Å². The van der Waals surface area contributed by atoms with Crippen molar-refractivity contribution in [1.29, 1.82) is 0 Å². The van der Waals surface area contributed by atoms with Gasteiger partial charge in [-0.05, 0) is 70.0 Å². The molecule has 3 aromatic rings. The zero-order chi connectivity index (χ0) is 12.5. The molecule has 0 saturated carbocycles. The van der Waals surface area contributed by atoms with Crippen LogP contribution >= 0.6 is 27.3 Å². The average molecular weight is 322 g/mol. The third-order valence-corrected chi connectivity index (χ3v) is 4.18. The van der Waals surface area contributed by atoms with Gasteiger partial charge in [0, 0.05) is 10.4 Å². The molecular formula is C14H12BrNOS. The van der Waals surface area contributed by atoms with E-state index in [-0.39, 0.29) is 6.04 Å². The van der Waals surface area contributed by atoms with E-state index >= 15 is 0 Å². The monoisotopic (exact) mass is 321 g/mol. The van der Waals surface area contributed by atoms with Crippen LogP contribution in [-0.2, 0) is 0 Å². The van der Waals surface area contributed by atoms with Crippen molar-refractivity contribution in [1.82, 2.24) is 0 Å². The van der Waals surface area contributed by atoms with Crippen LogP contribution in [-0.4, -0.2) is 0 Å². The predicted octanol–water partition coefficient (Wildman–Crippen LogP) is 5.43. The fourth-order valence-electron chi connectivity index (χ4n) is 1.94. The number of rotatable bonds is 3. The highest BCUT2D eigenvalue weighted by molar-refractivity contribution is 9.10. The first-order valence-electron chi connectivity index (χ1n) is 5.71. The second-order valence-electron chi connectivity index (χ2n) is 4.18. The van der Waals surface area contributed by atoms with Crippen molar-refractivity contribution < 1.29 is 4.42 Å². The summed E-state index contributed by atoms with van der Waals surface area (Å²) in [4.78, 5) is 0. The summed E-state index contributed by atoms with van der Waals surface area (Å²) in [5, 5.41) is 6.83. The van der Waals surface area contributed by atoms with Crippen molar-refractivity contribution in [2.75, 3.05) is 5.32 Å². The van der Waals surface area contributed by atoms with E-state index in [0.717, 1.165) is 16.1 Å². The van der Waals surface area contributed by atoms with E-state index in [4.69, 9.17) is 4.42 Å². The molecule has 18 heavy (non-hydrogen) atoms. The standard InChI is InChI=1S/C14H12BrNOS/c1-9(12-3-5-14(15)17-12)16-11-2-4-13-10(8-11)6-7-18-13/h2-9,16H,1H3. The third-order valence-electron chi connectivity index (χ3n) is 2.86. The SMILES string of the molecule is CC(Nc1ccc2sccc2c1)c1ccc(Br)o1. The van der Waals surface area contributed by atoms with E-state index in [1.54, 1.807) is 11.3 Å². The fraction of sp³-hybridized carbons (Fsp3) is 0.143. The first-order chi connectivity index (χ1) is 8.72. The number of hydrogen-bond donors (Lipinski definition) is 1. The topological polar surface area (TPSA) is 25.2 Å². The van der Waals surface area contributed by atoms with Gasteiger partial charge in [0.2, 0.25) is 0 Å². The molecule has 1 N–H and O–H groups in total. The van der Waals surface area contributed by atoms with E-state index in [1.165, 1.54) is 10.1 Å². The van der Waals surface area contributed by atoms with E-state index in [0.29, 0.717) is 0 Å². The van der Waals surface area contributed by atoms with Crippen LogP contribution in [0.3, 0.4) is 0 Å². The molecule has 0 saturated heterocycles. The first-order valence-corrected chi connectivity index (χ1v) is 7.39. The molecule has 0 fully saturated rings. The first kappa shape index (κ1) is 11.8. The summed E-state index contributed by atoms with van der Waals surface area (Å²) in [6, 6.07) is 12.6. The highest BCUT2D eigenvalue weighted by atomic mass is 79.9. The molecule has 1 unspecified atom stereocenters. The predicted molar refractivity (Wildman–Crippen MR) is 80.3 cm³/mol. The van der Waals surface area contributed by atoms with Crippen molar-refractivity contribution in [2.45, 2.75) is 13.0 Å². The van der Waals surface area contributed by atoms with E-state index in [9.17, 15) is 0 Å². The van der Waals surface area contributed by atoms with Gasteiger partial charge in [0.05, 0.1) is 6.04 Å². The van der Waals surface area contributed by atoms with E-state index in [1.807, 2.05) is 12.1 Å². The van der Waals surface area contributed by atoms with Gasteiger partial charge < -0.3 is 9.73 Å². The lowest BCUT2D eigenvalue weighted by Gasteiger charge is -2.12. The Kier molecular flexibility index (Phi) is 3.14. The average Bonchev–Trinajstić information content (AvgIpc) is 2.96. The van der Waals surface area contributed by atoms with Crippen molar-refractivity contribution in [3.05, 3.63) is 52.2 Å². The highest BCUT2D eigenvalue weighted by Gasteiger charge is 2.09. The second kappa shape index (κ2) is 4.78. The lowest BCUT2D eigenvalue weighted by atomic mass is 10.2. The van der Waals surface area contributed by atoms with Gasteiger partial charge in [0.15, 0.2) is 4.67 Å². The van der Waals surface area contributed by atoms with Crippen LogP contribution in [0.25, 0.3) is 10.1 Å². The zero-order valence-electron chi connectivity index (χ0n) is 9.81. The van der Waals surface area contributed by atoms with Gasteiger partial charge >= 0.3 is 0 Å². The Morgan fingerprint density at radius 2 is 2.11 bits per heavy atom. The molecule has 1 atom stereocenters. The van der Waals surface area contributed by atoms with Crippen LogP contribution in [0.15, 0.2) is 50.9 Å². The van der Waals surface area contributed by atoms with Crippen LogP contribution < -0.4 is 5.32 Å². The van der Waals surface area contributed by atoms with Crippen LogP contribution in [0.4, 0.5) is 5.69 Å². The number of fused-ring (bicyclic) bond motifs is 1. The van der Waals surface area contributed by atoms with E-state index in [2.05, 4.69) is 57.8 Å². The maximum atomic E-state index is 5.55. The van der Waals surface area contributed by atoms with Gasteiger partial charge in [-0.3, -0.25) is 0 Å². The Bertz CT molecular complexity index is 673. The molecule has 3 rings (SSSR count). The number of anilines is 1. The summed E-state index contributed by atoms with van der Waals surface area (Å²) < 4.78 is 7.62. The van der Waals surface area contributed by atoms with Gasteiger partial charge in [0.25, 0.3) is 0 Å². The molecule has 0 amide bonds. The van der Waals surface area contributed by atoms with Gasteiger partial charge in [-0.15, -0.1) is 11.3 Å². The Hall–Kier alpha value is -1.26. The van der Waals surface area contributed by atoms with Crippen LogP contribution in [0, 0.1) is 0 Å². The molecule has 0 aliphatic rings. The summed E-state index contributed by atoms with van der Waals surface area (Å²) in [5.41, 5.74) is 1.11. The van der Waals surface area contributed by atoms with Crippen LogP contribution in [0.2, 0.25) is 0 Å². The molecular weight excluding hydrogens is 310 g/mol. The fourth-order valence-corrected chi connectivity index (χ4v) is 3.03. The maximum absolute atomic E-state index is 5.55. The number of halogens is 1. The smallest absolute Gasteiger partial charge is 0.169 e. The van der Waals surface area contributed by atoms with Crippen molar-refractivity contribution in [2.24, 2.45) is 0 Å². The Labute approximate surface area is 118 Å². The second-order valence-corrected chi connectivity index (χ2v) is 5.91. The van der Waals surface area contributed by atoms with Gasteiger partial charge in [-0.1, -0.05) is 0 Å². The van der Waals surface area contributed by atoms with Gasteiger partial charge in [-0.2, -0.15) is 0 Å². The number of benzene rings is 1. The minimum absolute atomic E-state index is 0.146. The molecule has 4 heteroatoms. The molecule has 0 bridgehead atoms. The number of furan rings is 1. The summed E-state index contributed by atoms with van der Waals surface area (Å²) in [5.74, 6) is 0.923. The third kappa shape index (κ3) is 2.31. The minimum atomic E-state index is 0.146. The molecule has 2 aromatic heterocycles. The Balaban J connectivity index is 1.83. The molecule has 0 aliphatic carbocycles. The van der Waals surface area contributed by atoms with Crippen molar-refractivity contribution >= 4 is 43.0 Å². The van der Waals surface area contributed by atoms with Gasteiger partial charge in [-0.25, -0.2) is 0 Å². The number of nitrogens with one attached hydrogen (secondary N) is 1. The summed E-state index contributed by atoms with van der Waals surface area (Å²) in [6.45, 7) is 2.09. The molecule has 92 valence electrons. The summed E-state index contributed by atoms with van der Waals surface area (Å²) >= 11 is 5.08. The minimum Gasteiger partial charge on any atom is -0.452 e. The zero-order valence-corrected chi connectivity index (χ0v) is 12.2. The lowest BCUT2D eigenvalue weighted by Crippen LogP contribution is -2.05. The van der Waals surface area contributed by atoms with Crippen molar-refractivity contribution in [3.8, 4) is 0 Å². The highest BCUT2D eigenvalue weighted by Crippen LogP contribution is 2.27. The van der Waals surface area contributed by atoms with Crippen LogP contribution in [0.1, 0.15) is 18.7 Å². The normalized spacial score (nSPS) is 12.8. The lowest BCUT2D eigenvalue weighted by molar-refractivity contribution is 0.471. The Morgan fingerprint density at radius 3 is 2.89 bits per heavy atom. The number of hydrogen-bond acceptors (Lipinski definition) is 3. The molecule has 0 aliphatic heterocycles. The molecule has 2 heterocycles. The largest absolute Gasteiger partial charge is 0.452 e. The molecule has 2 nitrogen and oxygen atoms in total. The van der Waals surface area contributed by atoms with Gasteiger partial charge in [0.1, 0.15) is 5.76 Å². The molecule has 0 radical (unpaired) electrons. The maximum Gasteiger partial charge on any atom is 0.169 e. The quantitative estimate of drug-likeness (QED) is 0.695. The number of thiophene rings is 1. The molecule has 0 spiro atoms. The van der Waals surface area contributed by atoms with Crippen molar-refractivity contribution in [3.63, 3.8) is 0 Å². The summed E-state index contributed by atoms with van der Waals surface area (Å²) in [6.07, 6.45) is 0. The molecule has 1 aromatic carbocycles. The summed E-state index contributed by atoms with van der Waals surface area (Å²) in [7, 11) is 0.